The molecule has 3 rings (SSSR count). The molecular formula is C20H17N3OS. The second-order valence-electron chi connectivity index (χ2n) is 5.43. The second-order valence-corrected chi connectivity index (χ2v) is 5.84. The normalized spacial score (nSPS) is 10.7. The summed E-state index contributed by atoms with van der Waals surface area (Å²) in [5, 5.41) is 8.16. The predicted molar refractivity (Wildman–Crippen MR) is 105 cm³/mol. The molecule has 0 unspecified atom stereocenters. The summed E-state index contributed by atoms with van der Waals surface area (Å²) in [6, 6.07) is 17.8. The molecule has 0 atom stereocenters. The molecule has 1 aromatic heterocycles. The van der Waals surface area contributed by atoms with E-state index in [-0.39, 0.29) is 11.0 Å². The van der Waals surface area contributed by atoms with E-state index in [1.165, 1.54) is 6.08 Å². The van der Waals surface area contributed by atoms with E-state index in [2.05, 4.69) is 15.6 Å². The summed E-state index contributed by atoms with van der Waals surface area (Å²) in [6.07, 6.45) is 6.74. The van der Waals surface area contributed by atoms with Gasteiger partial charge in [0, 0.05) is 25.0 Å². The second kappa shape index (κ2) is 8.17. The Morgan fingerprint density at radius 2 is 1.92 bits per heavy atom. The van der Waals surface area contributed by atoms with Crippen molar-refractivity contribution in [3.05, 3.63) is 84.2 Å². The van der Waals surface area contributed by atoms with Crippen LogP contribution in [0.25, 0.3) is 16.8 Å². The van der Waals surface area contributed by atoms with Crippen LogP contribution in [0.2, 0.25) is 0 Å². The average Bonchev–Trinajstić information content (AvgIpc) is 2.65. The van der Waals surface area contributed by atoms with Crippen LogP contribution >= 0.6 is 12.2 Å². The van der Waals surface area contributed by atoms with Crippen LogP contribution in [-0.4, -0.2) is 16.0 Å². The van der Waals surface area contributed by atoms with Gasteiger partial charge in [-0.25, -0.2) is 0 Å². The number of fused-ring (bicyclic) bond motifs is 1. The lowest BCUT2D eigenvalue weighted by Crippen LogP contribution is -2.37. The fourth-order valence-corrected chi connectivity index (χ4v) is 2.62. The quantitative estimate of drug-likeness (QED) is 0.561. The third-order valence-electron chi connectivity index (χ3n) is 3.65. The lowest BCUT2D eigenvalue weighted by atomic mass is 10.0. The molecule has 2 N–H and O–H groups in total. The van der Waals surface area contributed by atoms with Crippen LogP contribution in [0.1, 0.15) is 11.1 Å². The lowest BCUT2D eigenvalue weighted by molar-refractivity contribution is -0.115. The number of hydrogen-bond acceptors (Lipinski definition) is 3. The van der Waals surface area contributed by atoms with Crippen molar-refractivity contribution in [1.29, 1.82) is 0 Å². The third-order valence-corrected chi connectivity index (χ3v) is 3.90. The molecule has 1 amide bonds. The van der Waals surface area contributed by atoms with E-state index in [0.29, 0.717) is 6.54 Å². The molecule has 0 fully saturated rings. The predicted octanol–water partition coefficient (Wildman–Crippen LogP) is 3.44. The molecule has 4 nitrogen and oxygen atoms in total. The molecule has 0 aliphatic rings. The minimum absolute atomic E-state index is 0.267. The molecule has 0 saturated carbocycles. The van der Waals surface area contributed by atoms with Gasteiger partial charge in [-0.15, -0.1) is 0 Å². The van der Waals surface area contributed by atoms with Gasteiger partial charge in [-0.05, 0) is 46.3 Å². The summed E-state index contributed by atoms with van der Waals surface area (Å²) in [7, 11) is 0. The number of carbonyl (C=O) groups is 1. The first-order chi connectivity index (χ1) is 12.2. The van der Waals surface area contributed by atoms with Crippen molar-refractivity contribution in [3.63, 3.8) is 0 Å². The van der Waals surface area contributed by atoms with E-state index in [1.807, 2.05) is 54.6 Å². The summed E-state index contributed by atoms with van der Waals surface area (Å²) >= 11 is 5.14. The smallest absolute Gasteiger partial charge is 0.250 e. The number of rotatable bonds is 4. The van der Waals surface area contributed by atoms with Gasteiger partial charge < -0.3 is 5.32 Å². The molecule has 5 heteroatoms. The van der Waals surface area contributed by atoms with Crippen molar-refractivity contribution >= 4 is 40.1 Å². The summed E-state index contributed by atoms with van der Waals surface area (Å²) < 4.78 is 0. The Labute approximate surface area is 151 Å². The number of amides is 1. The van der Waals surface area contributed by atoms with E-state index in [4.69, 9.17) is 12.2 Å². The van der Waals surface area contributed by atoms with Crippen molar-refractivity contribution < 1.29 is 4.79 Å². The molecule has 124 valence electrons. The summed E-state index contributed by atoms with van der Waals surface area (Å²) in [6.45, 7) is 0.514. The van der Waals surface area contributed by atoms with E-state index >= 15 is 0 Å². The Morgan fingerprint density at radius 1 is 1.08 bits per heavy atom. The van der Waals surface area contributed by atoms with Gasteiger partial charge in [0.1, 0.15) is 0 Å². The molecular weight excluding hydrogens is 330 g/mol. The van der Waals surface area contributed by atoms with Gasteiger partial charge in [-0.3, -0.25) is 15.1 Å². The monoisotopic (exact) mass is 347 g/mol. The topological polar surface area (TPSA) is 54.0 Å². The van der Waals surface area contributed by atoms with E-state index in [9.17, 15) is 4.79 Å². The molecule has 0 radical (unpaired) electrons. The van der Waals surface area contributed by atoms with Gasteiger partial charge in [0.05, 0.1) is 0 Å². The number of pyridine rings is 1. The molecule has 0 saturated heterocycles. The van der Waals surface area contributed by atoms with Gasteiger partial charge in [-0.2, -0.15) is 0 Å². The van der Waals surface area contributed by atoms with Crippen LogP contribution in [0, 0.1) is 0 Å². The Hall–Kier alpha value is -3.05. The van der Waals surface area contributed by atoms with Crippen LogP contribution in [0.4, 0.5) is 0 Å². The van der Waals surface area contributed by atoms with Crippen molar-refractivity contribution in [2.24, 2.45) is 0 Å². The Morgan fingerprint density at radius 3 is 2.76 bits per heavy atom. The van der Waals surface area contributed by atoms with Crippen molar-refractivity contribution in [2.45, 2.75) is 6.54 Å². The fourth-order valence-electron chi connectivity index (χ4n) is 2.44. The Kier molecular flexibility index (Phi) is 5.49. The summed E-state index contributed by atoms with van der Waals surface area (Å²) in [4.78, 5) is 16.1. The SMILES string of the molecule is O=C(/C=C/c1cccc2ccccc12)NC(=S)NCc1cccnc1. The van der Waals surface area contributed by atoms with Crippen LogP contribution in [-0.2, 0) is 11.3 Å². The molecule has 0 bridgehead atoms. The summed E-state index contributed by atoms with van der Waals surface area (Å²) in [5.74, 6) is -0.267. The average molecular weight is 347 g/mol. The van der Waals surface area contributed by atoms with Gasteiger partial charge in [0.25, 0.3) is 0 Å². The van der Waals surface area contributed by atoms with Crippen molar-refractivity contribution in [2.75, 3.05) is 0 Å². The van der Waals surface area contributed by atoms with Crippen molar-refractivity contribution in [1.82, 2.24) is 15.6 Å². The highest BCUT2D eigenvalue weighted by molar-refractivity contribution is 7.80. The van der Waals surface area contributed by atoms with Gasteiger partial charge in [0.15, 0.2) is 5.11 Å². The van der Waals surface area contributed by atoms with Crippen LogP contribution in [0.3, 0.4) is 0 Å². The largest absolute Gasteiger partial charge is 0.358 e. The molecule has 0 spiro atoms. The maximum atomic E-state index is 12.0. The minimum atomic E-state index is -0.267. The molecule has 0 aliphatic heterocycles. The maximum absolute atomic E-state index is 12.0. The number of hydrogen-bond donors (Lipinski definition) is 2. The van der Waals surface area contributed by atoms with Gasteiger partial charge in [0.2, 0.25) is 5.91 Å². The summed E-state index contributed by atoms with van der Waals surface area (Å²) in [5.41, 5.74) is 1.98. The molecule has 0 aliphatic carbocycles. The third kappa shape index (κ3) is 4.71. The standard InChI is InChI=1S/C20H17N3OS/c24-19(23-20(25)22-14-15-5-4-12-21-13-15)11-10-17-8-3-7-16-6-1-2-9-18(16)17/h1-13H,14H2,(H2,22,23,24,25)/b11-10+. The van der Waals surface area contributed by atoms with Gasteiger partial charge >= 0.3 is 0 Å². The number of nitrogens with zero attached hydrogens (tertiary/aromatic N) is 1. The number of carbonyl (C=O) groups excluding carboxylic acids is 1. The first-order valence-corrected chi connectivity index (χ1v) is 8.27. The molecule has 25 heavy (non-hydrogen) atoms. The van der Waals surface area contributed by atoms with E-state index < -0.39 is 0 Å². The zero-order chi connectivity index (χ0) is 17.5. The van der Waals surface area contributed by atoms with Crippen LogP contribution in [0.15, 0.2) is 73.1 Å². The highest BCUT2D eigenvalue weighted by atomic mass is 32.1. The molecule has 1 heterocycles. The Balaban J connectivity index is 1.58. The van der Waals surface area contributed by atoms with E-state index in [1.54, 1.807) is 18.5 Å². The highest BCUT2D eigenvalue weighted by Gasteiger charge is 2.02. The number of benzene rings is 2. The highest BCUT2D eigenvalue weighted by Crippen LogP contribution is 2.19. The van der Waals surface area contributed by atoms with E-state index in [0.717, 1.165) is 21.9 Å². The van der Waals surface area contributed by atoms with Gasteiger partial charge in [-0.1, -0.05) is 48.5 Å². The zero-order valence-electron chi connectivity index (χ0n) is 13.5. The molecule has 3 aromatic rings. The fraction of sp³-hybridized carbons (Fsp3) is 0.0500. The van der Waals surface area contributed by atoms with Crippen molar-refractivity contribution in [3.8, 4) is 0 Å². The zero-order valence-corrected chi connectivity index (χ0v) is 14.3. The Bertz CT molecular complexity index is 917. The molecule has 2 aromatic carbocycles. The van der Waals surface area contributed by atoms with Crippen LogP contribution in [0.5, 0.6) is 0 Å². The number of thiocarbonyl (C=S) groups is 1. The first kappa shape index (κ1) is 16.8. The number of aromatic nitrogens is 1. The maximum Gasteiger partial charge on any atom is 0.250 e. The first-order valence-electron chi connectivity index (χ1n) is 7.86. The minimum Gasteiger partial charge on any atom is -0.358 e. The van der Waals surface area contributed by atoms with Crippen LogP contribution < -0.4 is 10.6 Å². The lowest BCUT2D eigenvalue weighted by Gasteiger charge is -2.07. The number of nitrogens with one attached hydrogen (secondary N) is 2.